The number of aromatic amines is 1. The fourth-order valence-corrected chi connectivity index (χ4v) is 5.61. The molecule has 41 heavy (non-hydrogen) atoms. The van der Waals surface area contributed by atoms with Gasteiger partial charge in [0.1, 0.15) is 18.5 Å². The van der Waals surface area contributed by atoms with Crippen molar-refractivity contribution >= 4 is 38.5 Å². The minimum atomic E-state index is -0.747. The van der Waals surface area contributed by atoms with Crippen LogP contribution in [0.4, 0.5) is 0 Å². The molecule has 0 saturated carbocycles. The number of methoxy groups -OCH3 is 1. The number of aliphatic hydroxyl groups excluding tert-OH is 1. The Morgan fingerprint density at radius 1 is 1.00 bits per heavy atom. The van der Waals surface area contributed by atoms with Crippen LogP contribution in [0, 0.1) is 13.8 Å². The van der Waals surface area contributed by atoms with Gasteiger partial charge in [-0.3, -0.25) is 9.36 Å². The molecule has 0 bridgehead atoms. The number of nitrogens with one attached hydrogen (secondary N) is 1. The van der Waals surface area contributed by atoms with Crippen LogP contribution in [0.5, 0.6) is 11.6 Å². The van der Waals surface area contributed by atoms with Crippen LogP contribution in [-0.4, -0.2) is 52.1 Å². The van der Waals surface area contributed by atoms with Crippen molar-refractivity contribution < 1.29 is 24.5 Å². The molecule has 2 aromatic heterocycles. The van der Waals surface area contributed by atoms with Gasteiger partial charge in [-0.25, -0.2) is 0 Å². The zero-order chi connectivity index (χ0) is 28.8. The maximum Gasteiger partial charge on any atom is 0.250 e. The van der Waals surface area contributed by atoms with E-state index in [1.54, 1.807) is 6.07 Å². The minimum absolute atomic E-state index is 0.0875. The van der Waals surface area contributed by atoms with Crippen LogP contribution in [0.3, 0.4) is 0 Å². The summed E-state index contributed by atoms with van der Waals surface area (Å²) in [4.78, 5) is 15.8. The van der Waals surface area contributed by atoms with Crippen molar-refractivity contribution in [2.75, 3.05) is 20.3 Å². The summed E-state index contributed by atoms with van der Waals surface area (Å²) < 4.78 is 12.6. The molecule has 8 heteroatoms. The van der Waals surface area contributed by atoms with Gasteiger partial charge in [0.15, 0.2) is 0 Å². The number of aromatic nitrogens is 2. The van der Waals surface area contributed by atoms with Crippen molar-refractivity contribution in [2.45, 2.75) is 20.0 Å². The van der Waals surface area contributed by atoms with Crippen molar-refractivity contribution in [3.63, 3.8) is 0 Å². The lowest BCUT2D eigenvalue weighted by molar-refractivity contribution is 0.0326. The molecule has 208 valence electrons. The molecule has 0 spiro atoms. The highest BCUT2D eigenvalue weighted by molar-refractivity contribution is 6.20. The first kappa shape index (κ1) is 26.4. The van der Waals surface area contributed by atoms with E-state index in [2.05, 4.69) is 4.98 Å². The lowest BCUT2D eigenvalue weighted by atomic mass is 9.93. The van der Waals surface area contributed by atoms with Crippen LogP contribution in [0.15, 0.2) is 72.9 Å². The van der Waals surface area contributed by atoms with Crippen molar-refractivity contribution in [3.8, 4) is 28.4 Å². The SMILES string of the molecule is COCC(O)COc1ccc2c(c1)[nH]c1c(C(N)=O)ccc(-c3cccc(-n4cc5ccc(C)cc5c4O)c3C)c12. The number of fused-ring (bicyclic) bond motifs is 4. The number of amides is 1. The van der Waals surface area contributed by atoms with Crippen molar-refractivity contribution in [3.05, 3.63) is 89.6 Å². The van der Waals surface area contributed by atoms with Crippen LogP contribution in [-0.2, 0) is 4.74 Å². The molecule has 1 atom stereocenters. The molecule has 1 amide bonds. The molecule has 5 N–H and O–H groups in total. The zero-order valence-corrected chi connectivity index (χ0v) is 23.1. The molecule has 0 aliphatic heterocycles. The molecule has 0 radical (unpaired) electrons. The maximum absolute atomic E-state index is 12.4. The number of H-pyrrole nitrogens is 1. The molecular formula is C33H31N3O5. The van der Waals surface area contributed by atoms with Crippen molar-refractivity contribution in [1.29, 1.82) is 0 Å². The number of aromatic hydroxyl groups is 1. The number of nitrogens with two attached hydrogens (primary N) is 1. The third kappa shape index (κ3) is 4.57. The number of carbonyl (C=O) groups is 1. The standard InChI is InChI=1S/C33H31N3O5/c1-18-7-8-20-15-36(33(39)27(20)13-18)29-6-4-5-23(19(29)2)24-11-12-26(32(34)38)31-30(24)25-10-9-22(14-28(25)35-31)41-17-21(37)16-40-3/h4-15,21,35,37,39H,16-17H2,1-3H3,(H2,34,38). The minimum Gasteiger partial charge on any atom is -0.494 e. The van der Waals surface area contributed by atoms with Gasteiger partial charge in [-0.2, -0.15) is 0 Å². The monoisotopic (exact) mass is 549 g/mol. The average molecular weight is 550 g/mol. The van der Waals surface area contributed by atoms with E-state index >= 15 is 0 Å². The summed E-state index contributed by atoms with van der Waals surface area (Å²) in [7, 11) is 1.52. The zero-order valence-electron chi connectivity index (χ0n) is 23.1. The fraction of sp³-hybridized carbons (Fsp3) is 0.182. The molecule has 6 rings (SSSR count). The summed E-state index contributed by atoms with van der Waals surface area (Å²) >= 11 is 0. The summed E-state index contributed by atoms with van der Waals surface area (Å²) in [5, 5.41) is 24.6. The molecular weight excluding hydrogens is 518 g/mol. The Labute approximate surface area is 236 Å². The summed E-state index contributed by atoms with van der Waals surface area (Å²) in [5.41, 5.74) is 12.3. The number of carbonyl (C=O) groups excluding carboxylic acids is 1. The Balaban J connectivity index is 1.51. The van der Waals surface area contributed by atoms with Crippen LogP contribution < -0.4 is 10.5 Å². The average Bonchev–Trinajstić information content (AvgIpc) is 3.49. The number of hydrogen-bond acceptors (Lipinski definition) is 5. The second kappa shape index (κ2) is 10.3. The molecule has 4 aromatic carbocycles. The summed E-state index contributed by atoms with van der Waals surface area (Å²) in [6.45, 7) is 4.29. The van der Waals surface area contributed by atoms with Crippen LogP contribution in [0.2, 0.25) is 0 Å². The highest BCUT2D eigenvalue weighted by Gasteiger charge is 2.20. The molecule has 6 aromatic rings. The number of hydrogen-bond donors (Lipinski definition) is 4. The Kier molecular flexibility index (Phi) is 6.65. The summed E-state index contributed by atoms with van der Waals surface area (Å²) in [6.07, 6.45) is 1.20. The number of primary amides is 1. The molecule has 2 heterocycles. The number of aliphatic hydroxyl groups is 1. The molecule has 0 aliphatic rings. The van der Waals surface area contributed by atoms with Crippen LogP contribution in [0.25, 0.3) is 49.4 Å². The lowest BCUT2D eigenvalue weighted by Gasteiger charge is -2.15. The maximum atomic E-state index is 12.4. The van der Waals surface area contributed by atoms with E-state index in [9.17, 15) is 15.0 Å². The molecule has 8 nitrogen and oxygen atoms in total. The first-order valence-corrected chi connectivity index (χ1v) is 13.4. The summed E-state index contributed by atoms with van der Waals surface area (Å²) in [6, 6.07) is 21.3. The Bertz CT molecular complexity index is 1950. The van der Waals surface area contributed by atoms with E-state index in [1.807, 2.05) is 85.3 Å². The van der Waals surface area contributed by atoms with Crippen LogP contribution >= 0.6 is 0 Å². The Hall–Kier alpha value is -4.79. The lowest BCUT2D eigenvalue weighted by Crippen LogP contribution is -2.22. The normalized spacial score (nSPS) is 12.4. The predicted molar refractivity (Wildman–Crippen MR) is 161 cm³/mol. The van der Waals surface area contributed by atoms with E-state index in [4.69, 9.17) is 15.2 Å². The number of ether oxygens (including phenoxy) is 2. The largest absolute Gasteiger partial charge is 0.494 e. The van der Waals surface area contributed by atoms with Gasteiger partial charge < -0.3 is 30.4 Å². The van der Waals surface area contributed by atoms with Crippen molar-refractivity contribution in [1.82, 2.24) is 9.55 Å². The van der Waals surface area contributed by atoms with Gasteiger partial charge >= 0.3 is 0 Å². The first-order valence-electron chi connectivity index (χ1n) is 13.4. The van der Waals surface area contributed by atoms with Crippen molar-refractivity contribution in [2.24, 2.45) is 5.73 Å². The van der Waals surface area contributed by atoms with Gasteiger partial charge in [0.25, 0.3) is 5.91 Å². The number of nitrogens with zero attached hydrogens (tertiary/aromatic N) is 1. The summed E-state index contributed by atoms with van der Waals surface area (Å²) in [5.74, 6) is 0.232. The number of rotatable bonds is 8. The Morgan fingerprint density at radius 3 is 2.61 bits per heavy atom. The van der Waals surface area contributed by atoms with Gasteiger partial charge in [-0.15, -0.1) is 0 Å². The topological polar surface area (TPSA) is 123 Å². The number of benzene rings is 4. The van der Waals surface area contributed by atoms with E-state index in [-0.39, 0.29) is 19.1 Å². The van der Waals surface area contributed by atoms with E-state index in [1.165, 1.54) is 7.11 Å². The van der Waals surface area contributed by atoms with E-state index in [0.29, 0.717) is 16.8 Å². The molecule has 0 fully saturated rings. The fourth-order valence-electron chi connectivity index (χ4n) is 5.61. The van der Waals surface area contributed by atoms with Gasteiger partial charge in [0.05, 0.1) is 28.9 Å². The first-order chi connectivity index (χ1) is 19.8. The van der Waals surface area contributed by atoms with Gasteiger partial charge in [-0.1, -0.05) is 35.9 Å². The molecule has 1 unspecified atom stereocenters. The Morgan fingerprint density at radius 2 is 1.83 bits per heavy atom. The third-order valence-electron chi connectivity index (χ3n) is 7.59. The number of aryl methyl sites for hydroxylation is 1. The quantitative estimate of drug-likeness (QED) is 0.193. The van der Waals surface area contributed by atoms with Gasteiger partial charge in [-0.05, 0) is 60.9 Å². The second-order valence-electron chi connectivity index (χ2n) is 10.4. The van der Waals surface area contributed by atoms with Crippen LogP contribution in [0.1, 0.15) is 21.5 Å². The predicted octanol–water partition coefficient (Wildman–Crippen LogP) is 5.74. The highest BCUT2D eigenvalue weighted by atomic mass is 16.5. The van der Waals surface area contributed by atoms with E-state index in [0.717, 1.165) is 55.0 Å². The second-order valence-corrected chi connectivity index (χ2v) is 10.4. The molecule has 0 aliphatic carbocycles. The molecule has 0 saturated heterocycles. The van der Waals surface area contributed by atoms with Gasteiger partial charge in [0.2, 0.25) is 5.88 Å². The smallest absolute Gasteiger partial charge is 0.250 e. The van der Waals surface area contributed by atoms with E-state index < -0.39 is 12.0 Å². The third-order valence-corrected chi connectivity index (χ3v) is 7.59. The van der Waals surface area contributed by atoms with Gasteiger partial charge in [0, 0.05) is 40.9 Å². The highest BCUT2D eigenvalue weighted by Crippen LogP contribution is 2.41.